The lowest BCUT2D eigenvalue weighted by molar-refractivity contribution is 0.199. The molecule has 0 aliphatic rings. The first-order valence-corrected chi connectivity index (χ1v) is 6.35. The van der Waals surface area contributed by atoms with Crippen molar-refractivity contribution in [2.24, 2.45) is 5.16 Å². The highest BCUT2D eigenvalue weighted by molar-refractivity contribution is 8.13. The quantitative estimate of drug-likeness (QED) is 0.352. The number of oxime groups is 1. The molecule has 1 heterocycles. The van der Waals surface area contributed by atoms with E-state index in [2.05, 4.69) is 15.0 Å². The standard InChI is InChI=1S/C8H9ClN2O4S/c1-14-8(11-15-2)6-3-4-10-5-7(6)16(9,12)13/h3-5H,1-2H3/b11-8-. The van der Waals surface area contributed by atoms with Crippen LogP contribution >= 0.6 is 10.7 Å². The summed E-state index contributed by atoms with van der Waals surface area (Å²) in [4.78, 5) is 8.01. The van der Waals surface area contributed by atoms with Crippen molar-refractivity contribution < 1.29 is 18.0 Å². The molecule has 1 aromatic heterocycles. The van der Waals surface area contributed by atoms with Crippen LogP contribution in [0, 0.1) is 0 Å². The predicted molar refractivity (Wildman–Crippen MR) is 57.8 cm³/mol. The SMILES string of the molecule is CO/N=C(\OC)c1ccncc1S(=O)(=O)Cl. The number of halogens is 1. The molecule has 0 unspecified atom stereocenters. The number of ether oxygens (including phenoxy) is 1. The van der Waals surface area contributed by atoms with E-state index in [0.29, 0.717) is 0 Å². The first-order valence-electron chi connectivity index (χ1n) is 4.05. The van der Waals surface area contributed by atoms with Crippen LogP contribution in [-0.2, 0) is 18.6 Å². The number of hydrogen-bond acceptors (Lipinski definition) is 6. The summed E-state index contributed by atoms with van der Waals surface area (Å²) in [5.41, 5.74) is 0.189. The van der Waals surface area contributed by atoms with Gasteiger partial charge in [-0.05, 0) is 11.2 Å². The largest absolute Gasteiger partial charge is 0.478 e. The Kier molecular flexibility index (Phi) is 4.08. The fraction of sp³-hybridized carbons (Fsp3) is 0.250. The molecular formula is C8H9ClN2O4S. The van der Waals surface area contributed by atoms with E-state index in [1.807, 2.05) is 0 Å². The molecule has 0 radical (unpaired) electrons. The van der Waals surface area contributed by atoms with Crippen LogP contribution in [0.4, 0.5) is 0 Å². The molecule has 1 aromatic rings. The molecule has 0 aliphatic heterocycles. The van der Waals surface area contributed by atoms with Crippen LogP contribution in [0.2, 0.25) is 0 Å². The lowest BCUT2D eigenvalue weighted by Crippen LogP contribution is -2.09. The summed E-state index contributed by atoms with van der Waals surface area (Å²) in [6.45, 7) is 0. The van der Waals surface area contributed by atoms with Gasteiger partial charge in [0.2, 0.25) is 0 Å². The Morgan fingerprint density at radius 2 is 2.19 bits per heavy atom. The summed E-state index contributed by atoms with van der Waals surface area (Å²) >= 11 is 0. The summed E-state index contributed by atoms with van der Waals surface area (Å²) in [7, 11) is 3.98. The molecule has 0 saturated carbocycles. The van der Waals surface area contributed by atoms with Gasteiger partial charge in [0, 0.05) is 23.1 Å². The first kappa shape index (κ1) is 12.7. The van der Waals surface area contributed by atoms with Crippen LogP contribution in [0.25, 0.3) is 0 Å². The maximum absolute atomic E-state index is 11.3. The van der Waals surface area contributed by atoms with Gasteiger partial charge in [-0.2, -0.15) is 0 Å². The molecule has 0 N–H and O–H groups in total. The molecule has 8 heteroatoms. The number of methoxy groups -OCH3 is 1. The molecule has 0 bridgehead atoms. The van der Waals surface area contributed by atoms with E-state index < -0.39 is 9.05 Å². The van der Waals surface area contributed by atoms with Gasteiger partial charge in [0.1, 0.15) is 12.0 Å². The minimum atomic E-state index is -3.91. The van der Waals surface area contributed by atoms with Gasteiger partial charge < -0.3 is 9.57 Å². The van der Waals surface area contributed by atoms with Gasteiger partial charge in [0.05, 0.1) is 12.7 Å². The van der Waals surface area contributed by atoms with Gasteiger partial charge in [-0.15, -0.1) is 0 Å². The zero-order chi connectivity index (χ0) is 12.2. The second-order valence-corrected chi connectivity index (χ2v) is 5.13. The normalized spacial score (nSPS) is 12.3. The number of hydrogen-bond donors (Lipinski definition) is 0. The van der Waals surface area contributed by atoms with Crippen LogP contribution in [0.15, 0.2) is 28.5 Å². The zero-order valence-corrected chi connectivity index (χ0v) is 10.1. The monoisotopic (exact) mass is 264 g/mol. The van der Waals surface area contributed by atoms with Gasteiger partial charge in [0.15, 0.2) is 0 Å². The highest BCUT2D eigenvalue weighted by Crippen LogP contribution is 2.19. The molecular weight excluding hydrogens is 256 g/mol. The third-order valence-electron chi connectivity index (χ3n) is 1.65. The summed E-state index contributed by atoms with van der Waals surface area (Å²) < 4.78 is 27.4. The van der Waals surface area contributed by atoms with Crippen molar-refractivity contribution in [1.29, 1.82) is 0 Å². The molecule has 0 amide bonds. The molecule has 0 atom stereocenters. The molecule has 0 aromatic carbocycles. The summed E-state index contributed by atoms with van der Waals surface area (Å²) in [6, 6.07) is 1.41. The van der Waals surface area contributed by atoms with Crippen molar-refractivity contribution in [3.05, 3.63) is 24.0 Å². The van der Waals surface area contributed by atoms with Crippen LogP contribution in [-0.4, -0.2) is 33.5 Å². The minimum Gasteiger partial charge on any atom is -0.478 e. The second kappa shape index (κ2) is 5.13. The van der Waals surface area contributed by atoms with Crippen molar-refractivity contribution in [3.63, 3.8) is 0 Å². The molecule has 0 saturated heterocycles. The fourth-order valence-corrected chi connectivity index (χ4v) is 2.00. The van der Waals surface area contributed by atoms with Crippen molar-refractivity contribution in [2.45, 2.75) is 4.90 Å². The smallest absolute Gasteiger partial charge is 0.263 e. The fourth-order valence-electron chi connectivity index (χ4n) is 1.03. The lowest BCUT2D eigenvalue weighted by atomic mass is 10.3. The lowest BCUT2D eigenvalue weighted by Gasteiger charge is -2.06. The predicted octanol–water partition coefficient (Wildman–Crippen LogP) is 0.964. The van der Waals surface area contributed by atoms with E-state index >= 15 is 0 Å². The topological polar surface area (TPSA) is 77.8 Å². The second-order valence-electron chi connectivity index (χ2n) is 2.59. The van der Waals surface area contributed by atoms with E-state index in [1.165, 1.54) is 26.5 Å². The average molecular weight is 265 g/mol. The Morgan fingerprint density at radius 1 is 1.50 bits per heavy atom. The van der Waals surface area contributed by atoms with Gasteiger partial charge in [-0.3, -0.25) is 4.98 Å². The van der Waals surface area contributed by atoms with Crippen LogP contribution in [0.1, 0.15) is 5.56 Å². The molecule has 6 nitrogen and oxygen atoms in total. The van der Waals surface area contributed by atoms with Gasteiger partial charge in [0.25, 0.3) is 14.9 Å². The number of rotatable bonds is 3. The zero-order valence-electron chi connectivity index (χ0n) is 8.55. The highest BCUT2D eigenvalue weighted by Gasteiger charge is 2.20. The summed E-state index contributed by atoms with van der Waals surface area (Å²) in [5, 5.41) is 3.53. The average Bonchev–Trinajstić information content (AvgIpc) is 2.25. The van der Waals surface area contributed by atoms with E-state index in [0.717, 1.165) is 6.20 Å². The number of aromatic nitrogens is 1. The summed E-state index contributed by atoms with van der Waals surface area (Å²) in [6.07, 6.45) is 2.51. The van der Waals surface area contributed by atoms with E-state index in [1.54, 1.807) is 0 Å². The van der Waals surface area contributed by atoms with Gasteiger partial charge >= 0.3 is 0 Å². The Morgan fingerprint density at radius 3 is 2.69 bits per heavy atom. The van der Waals surface area contributed by atoms with Crippen LogP contribution in [0.5, 0.6) is 0 Å². The Labute approximate surface area is 97.3 Å². The summed E-state index contributed by atoms with van der Waals surface area (Å²) in [5.74, 6) is 0.00382. The van der Waals surface area contributed by atoms with Crippen molar-refractivity contribution in [1.82, 2.24) is 4.98 Å². The van der Waals surface area contributed by atoms with Crippen molar-refractivity contribution in [2.75, 3.05) is 14.2 Å². The van der Waals surface area contributed by atoms with Gasteiger partial charge in [-0.1, -0.05) is 0 Å². The molecule has 0 aliphatic carbocycles. The van der Waals surface area contributed by atoms with Crippen LogP contribution < -0.4 is 0 Å². The maximum atomic E-state index is 11.3. The van der Waals surface area contributed by atoms with E-state index in [9.17, 15) is 8.42 Å². The number of pyridine rings is 1. The highest BCUT2D eigenvalue weighted by atomic mass is 35.7. The third kappa shape index (κ3) is 2.83. The Balaban J connectivity index is 3.39. The Bertz CT molecular complexity index is 501. The molecule has 0 fully saturated rings. The van der Waals surface area contributed by atoms with Crippen molar-refractivity contribution >= 4 is 25.6 Å². The molecule has 16 heavy (non-hydrogen) atoms. The molecule has 0 spiro atoms. The minimum absolute atomic E-state index is 0.00382. The first-order chi connectivity index (χ1) is 7.50. The molecule has 1 rings (SSSR count). The maximum Gasteiger partial charge on any atom is 0.263 e. The van der Waals surface area contributed by atoms with E-state index in [4.69, 9.17) is 15.4 Å². The van der Waals surface area contributed by atoms with Gasteiger partial charge in [-0.25, -0.2) is 8.42 Å². The Hall–Kier alpha value is -1.34. The molecule has 88 valence electrons. The van der Waals surface area contributed by atoms with E-state index in [-0.39, 0.29) is 16.4 Å². The van der Waals surface area contributed by atoms with Crippen LogP contribution in [0.3, 0.4) is 0 Å². The third-order valence-corrected chi connectivity index (χ3v) is 2.99. The van der Waals surface area contributed by atoms with Crippen molar-refractivity contribution in [3.8, 4) is 0 Å². The number of nitrogens with zero attached hydrogens (tertiary/aromatic N) is 2.